The minimum Gasteiger partial charge on any atom is -0.373 e. The molecule has 2 aromatic rings. The second-order valence-electron chi connectivity index (χ2n) is 3.90. The maximum absolute atomic E-state index is 6.22. The van der Waals surface area contributed by atoms with E-state index in [2.05, 4.69) is 50.1 Å². The summed E-state index contributed by atoms with van der Waals surface area (Å²) in [5.74, 6) is 1.62. The van der Waals surface area contributed by atoms with Crippen LogP contribution in [-0.2, 0) is 6.42 Å². The van der Waals surface area contributed by atoms with E-state index < -0.39 is 0 Å². The van der Waals surface area contributed by atoms with Gasteiger partial charge in [0.25, 0.3) is 0 Å². The molecular weight excluding hydrogens is 375 g/mol. The van der Waals surface area contributed by atoms with Gasteiger partial charge in [-0.15, -0.1) is 0 Å². The lowest BCUT2D eigenvalue weighted by atomic mass is 10.2. The first-order valence-corrected chi connectivity index (χ1v) is 7.35. The molecule has 0 saturated heterocycles. The smallest absolute Gasteiger partial charge is 0.139 e. The molecule has 0 atom stereocenters. The zero-order chi connectivity index (χ0) is 13.8. The van der Waals surface area contributed by atoms with Gasteiger partial charge in [0.2, 0.25) is 0 Å². The number of anilines is 3. The van der Waals surface area contributed by atoms with Gasteiger partial charge in [-0.25, -0.2) is 9.97 Å². The van der Waals surface area contributed by atoms with Crippen LogP contribution < -0.4 is 10.6 Å². The summed E-state index contributed by atoms with van der Waals surface area (Å²) in [6.45, 7) is 2.07. The summed E-state index contributed by atoms with van der Waals surface area (Å²) in [4.78, 5) is 8.50. The van der Waals surface area contributed by atoms with E-state index in [1.165, 1.54) is 6.33 Å². The summed E-state index contributed by atoms with van der Waals surface area (Å²) in [7, 11) is 1.85. The van der Waals surface area contributed by atoms with E-state index in [0.29, 0.717) is 5.02 Å². The minimum absolute atomic E-state index is 0.679. The number of halogens is 2. The lowest BCUT2D eigenvalue weighted by molar-refractivity contribution is 1.05. The van der Waals surface area contributed by atoms with Gasteiger partial charge in [-0.05, 0) is 47.2 Å². The Hall–Kier alpha value is -1.08. The number of aromatic nitrogens is 2. The van der Waals surface area contributed by atoms with Gasteiger partial charge in [-0.2, -0.15) is 0 Å². The fourth-order valence-electron chi connectivity index (χ4n) is 1.79. The minimum atomic E-state index is 0.679. The van der Waals surface area contributed by atoms with Crippen molar-refractivity contribution in [2.24, 2.45) is 0 Å². The topological polar surface area (TPSA) is 49.8 Å². The number of nitrogens with one attached hydrogen (secondary N) is 2. The van der Waals surface area contributed by atoms with E-state index in [9.17, 15) is 0 Å². The molecule has 0 saturated carbocycles. The van der Waals surface area contributed by atoms with Crippen LogP contribution in [0.25, 0.3) is 0 Å². The number of nitrogens with zero attached hydrogens (tertiary/aromatic N) is 2. The average Bonchev–Trinajstić information content (AvgIpc) is 2.41. The zero-order valence-corrected chi connectivity index (χ0v) is 13.6. The molecule has 0 fully saturated rings. The zero-order valence-electron chi connectivity index (χ0n) is 10.7. The van der Waals surface area contributed by atoms with Crippen molar-refractivity contribution in [3.8, 4) is 0 Å². The molecule has 1 aromatic heterocycles. The second-order valence-corrected chi connectivity index (χ2v) is 5.55. The van der Waals surface area contributed by atoms with Crippen LogP contribution >= 0.6 is 34.2 Å². The molecule has 1 aromatic carbocycles. The van der Waals surface area contributed by atoms with E-state index >= 15 is 0 Å². The molecule has 1 heterocycles. The maximum Gasteiger partial charge on any atom is 0.139 e. The van der Waals surface area contributed by atoms with Gasteiger partial charge < -0.3 is 10.6 Å². The van der Waals surface area contributed by atoms with Gasteiger partial charge in [0, 0.05) is 16.2 Å². The molecule has 100 valence electrons. The quantitative estimate of drug-likeness (QED) is 0.775. The third-order valence-electron chi connectivity index (χ3n) is 2.72. The number of hydrogen-bond donors (Lipinski definition) is 2. The summed E-state index contributed by atoms with van der Waals surface area (Å²) in [6.07, 6.45) is 2.37. The standard InChI is InChI=1S/C13H14ClIN4/c1-3-9-12(16-2)17-7-18-13(9)19-11-5-4-8(15)6-10(11)14/h4-7H,3H2,1-2H3,(H2,16,17,18,19). The summed E-state index contributed by atoms with van der Waals surface area (Å²) >= 11 is 8.45. The van der Waals surface area contributed by atoms with Crippen molar-refractivity contribution in [1.29, 1.82) is 0 Å². The first-order valence-electron chi connectivity index (χ1n) is 5.89. The van der Waals surface area contributed by atoms with Crippen LogP contribution in [0.5, 0.6) is 0 Å². The van der Waals surface area contributed by atoms with Crippen molar-refractivity contribution in [2.75, 3.05) is 17.7 Å². The van der Waals surface area contributed by atoms with Gasteiger partial charge in [0.05, 0.1) is 10.7 Å². The van der Waals surface area contributed by atoms with Crippen LogP contribution in [0.15, 0.2) is 24.5 Å². The second kappa shape index (κ2) is 6.38. The predicted octanol–water partition coefficient (Wildman–Crippen LogP) is 4.08. The fraction of sp³-hybridized carbons (Fsp3) is 0.231. The summed E-state index contributed by atoms with van der Waals surface area (Å²) in [5, 5.41) is 7.02. The third-order valence-corrected chi connectivity index (χ3v) is 3.70. The van der Waals surface area contributed by atoms with E-state index in [0.717, 1.165) is 32.9 Å². The summed E-state index contributed by atoms with van der Waals surface area (Å²) in [6, 6.07) is 5.86. The van der Waals surface area contributed by atoms with Crippen LogP contribution in [0.3, 0.4) is 0 Å². The number of benzene rings is 1. The molecule has 0 aliphatic rings. The Labute approximate surface area is 131 Å². The van der Waals surface area contributed by atoms with Crippen LogP contribution in [0.4, 0.5) is 17.3 Å². The van der Waals surface area contributed by atoms with Crippen LogP contribution in [0.1, 0.15) is 12.5 Å². The van der Waals surface area contributed by atoms with Gasteiger partial charge in [0.1, 0.15) is 18.0 Å². The first-order chi connectivity index (χ1) is 9.15. The van der Waals surface area contributed by atoms with Gasteiger partial charge >= 0.3 is 0 Å². The molecule has 19 heavy (non-hydrogen) atoms. The highest BCUT2D eigenvalue weighted by atomic mass is 127. The van der Waals surface area contributed by atoms with Crippen LogP contribution in [-0.4, -0.2) is 17.0 Å². The Morgan fingerprint density at radius 1 is 1.26 bits per heavy atom. The van der Waals surface area contributed by atoms with Gasteiger partial charge in [-0.3, -0.25) is 0 Å². The molecule has 0 amide bonds. The SMILES string of the molecule is CCc1c(NC)ncnc1Nc1ccc(I)cc1Cl. The fourth-order valence-corrected chi connectivity index (χ4v) is 2.69. The lowest BCUT2D eigenvalue weighted by Crippen LogP contribution is -2.05. The number of rotatable bonds is 4. The van der Waals surface area contributed by atoms with E-state index in [4.69, 9.17) is 11.6 Å². The molecule has 2 rings (SSSR count). The van der Waals surface area contributed by atoms with Crippen molar-refractivity contribution >= 4 is 51.5 Å². The molecule has 0 unspecified atom stereocenters. The van der Waals surface area contributed by atoms with E-state index in [1.807, 2.05) is 25.2 Å². The summed E-state index contributed by atoms with van der Waals surface area (Å²) < 4.78 is 1.10. The highest BCUT2D eigenvalue weighted by molar-refractivity contribution is 14.1. The number of hydrogen-bond acceptors (Lipinski definition) is 4. The van der Waals surface area contributed by atoms with Crippen molar-refractivity contribution in [3.05, 3.63) is 38.7 Å². The van der Waals surface area contributed by atoms with Gasteiger partial charge in [-0.1, -0.05) is 18.5 Å². The van der Waals surface area contributed by atoms with E-state index in [-0.39, 0.29) is 0 Å². The molecule has 0 spiro atoms. The molecule has 2 N–H and O–H groups in total. The molecule has 0 bridgehead atoms. The Kier molecular flexibility index (Phi) is 4.81. The van der Waals surface area contributed by atoms with Crippen LogP contribution in [0.2, 0.25) is 5.02 Å². The van der Waals surface area contributed by atoms with E-state index in [1.54, 1.807) is 0 Å². The highest BCUT2D eigenvalue weighted by Crippen LogP contribution is 2.29. The third kappa shape index (κ3) is 3.27. The highest BCUT2D eigenvalue weighted by Gasteiger charge is 2.10. The van der Waals surface area contributed by atoms with Gasteiger partial charge in [0.15, 0.2) is 0 Å². The van der Waals surface area contributed by atoms with Crippen LogP contribution in [0, 0.1) is 3.57 Å². The monoisotopic (exact) mass is 388 g/mol. The Bertz CT molecular complexity index is 589. The average molecular weight is 389 g/mol. The molecule has 0 aliphatic heterocycles. The normalized spacial score (nSPS) is 10.3. The van der Waals surface area contributed by atoms with Crippen molar-refractivity contribution in [2.45, 2.75) is 13.3 Å². The Morgan fingerprint density at radius 2 is 2.00 bits per heavy atom. The maximum atomic E-state index is 6.22. The summed E-state index contributed by atoms with van der Waals surface area (Å²) in [5.41, 5.74) is 1.89. The molecule has 0 radical (unpaired) electrons. The Morgan fingerprint density at radius 3 is 2.63 bits per heavy atom. The molecular formula is C13H14ClIN4. The molecule has 0 aliphatic carbocycles. The predicted molar refractivity (Wildman–Crippen MR) is 88.4 cm³/mol. The molecule has 4 nitrogen and oxygen atoms in total. The first kappa shape index (κ1) is 14.3. The van der Waals surface area contributed by atoms with Crippen molar-refractivity contribution in [3.63, 3.8) is 0 Å². The largest absolute Gasteiger partial charge is 0.373 e. The lowest BCUT2D eigenvalue weighted by Gasteiger charge is -2.13. The molecule has 6 heteroatoms. The van der Waals surface area contributed by atoms with Crippen molar-refractivity contribution in [1.82, 2.24) is 9.97 Å². The Balaban J connectivity index is 2.37. The van der Waals surface area contributed by atoms with Crippen molar-refractivity contribution < 1.29 is 0 Å².